The van der Waals surface area contributed by atoms with Crippen molar-refractivity contribution >= 4 is 26.9 Å². The second kappa shape index (κ2) is 5.77. The lowest BCUT2D eigenvalue weighted by molar-refractivity contribution is 0.0593. The van der Waals surface area contributed by atoms with E-state index in [2.05, 4.69) is 0 Å². The maximum atomic E-state index is 13.2. The van der Waals surface area contributed by atoms with Gasteiger partial charge in [0.1, 0.15) is 5.69 Å². The van der Waals surface area contributed by atoms with Crippen molar-refractivity contribution in [1.82, 2.24) is 3.97 Å². The highest BCUT2D eigenvalue weighted by Gasteiger charge is 2.28. The van der Waals surface area contributed by atoms with Gasteiger partial charge >= 0.3 is 5.97 Å². The molecule has 2 heterocycles. The number of esters is 1. The van der Waals surface area contributed by atoms with E-state index in [4.69, 9.17) is 14.2 Å². The van der Waals surface area contributed by atoms with E-state index in [0.29, 0.717) is 22.4 Å². The second-order valence-corrected chi connectivity index (χ2v) is 7.65. The number of carbonyl (C=O) groups is 1. The Morgan fingerprint density at radius 2 is 1.73 bits per heavy atom. The Balaban J connectivity index is 2.03. The molecule has 2 aromatic carbocycles. The van der Waals surface area contributed by atoms with Crippen LogP contribution in [0.3, 0.4) is 0 Å². The highest BCUT2D eigenvalue weighted by atomic mass is 32.2. The number of nitrogens with zero attached hydrogens (tertiary/aromatic N) is 1. The minimum atomic E-state index is -4.02. The molecule has 7 nitrogen and oxygen atoms in total. The number of methoxy groups -OCH3 is 1. The molecule has 3 aromatic rings. The third-order valence-electron chi connectivity index (χ3n) is 4.21. The lowest BCUT2D eigenvalue weighted by Gasteiger charge is -2.11. The van der Waals surface area contributed by atoms with Gasteiger partial charge in [0, 0.05) is 11.5 Å². The van der Waals surface area contributed by atoms with Crippen LogP contribution in [-0.2, 0) is 14.8 Å². The fraction of sp³-hybridized carbons (Fsp3) is 0.167. The van der Waals surface area contributed by atoms with Crippen LogP contribution in [0.25, 0.3) is 10.9 Å². The van der Waals surface area contributed by atoms with Crippen molar-refractivity contribution < 1.29 is 27.4 Å². The first-order chi connectivity index (χ1) is 12.4. The summed E-state index contributed by atoms with van der Waals surface area (Å²) in [6, 6.07) is 11.1. The topological polar surface area (TPSA) is 83.8 Å². The number of aromatic nitrogens is 1. The average molecular weight is 373 g/mol. The van der Waals surface area contributed by atoms with Gasteiger partial charge in [-0.05, 0) is 31.2 Å². The number of hydrogen-bond donors (Lipinski definition) is 0. The molecule has 0 aliphatic carbocycles. The van der Waals surface area contributed by atoms with E-state index in [0.717, 1.165) is 9.54 Å². The van der Waals surface area contributed by atoms with E-state index in [1.165, 1.54) is 25.3 Å². The Kier molecular flexibility index (Phi) is 3.66. The first-order valence-corrected chi connectivity index (χ1v) is 9.21. The number of benzene rings is 2. The SMILES string of the molecule is COC(=O)c1cc2cc3c(cc2n1S(=O)(=O)c1ccc(C)cc1)OCO3. The minimum absolute atomic E-state index is 0.0660. The van der Waals surface area contributed by atoms with Crippen molar-refractivity contribution in [1.29, 1.82) is 0 Å². The van der Waals surface area contributed by atoms with Crippen LogP contribution >= 0.6 is 0 Å². The quantitative estimate of drug-likeness (QED) is 0.657. The summed E-state index contributed by atoms with van der Waals surface area (Å²) in [5.41, 5.74) is 1.15. The van der Waals surface area contributed by atoms with Gasteiger partial charge in [-0.15, -0.1) is 0 Å². The molecule has 0 unspecified atom stereocenters. The summed E-state index contributed by atoms with van der Waals surface area (Å²) < 4.78 is 42.9. The van der Waals surface area contributed by atoms with Gasteiger partial charge in [0.2, 0.25) is 6.79 Å². The second-order valence-electron chi connectivity index (χ2n) is 5.87. The Hall–Kier alpha value is -3.00. The summed E-state index contributed by atoms with van der Waals surface area (Å²) in [4.78, 5) is 12.3. The molecule has 0 N–H and O–H groups in total. The smallest absolute Gasteiger partial charge is 0.355 e. The lowest BCUT2D eigenvalue weighted by atomic mass is 10.2. The Labute approximate surface area is 149 Å². The van der Waals surface area contributed by atoms with Gasteiger partial charge in [0.15, 0.2) is 11.5 Å². The van der Waals surface area contributed by atoms with Crippen LogP contribution in [-0.4, -0.2) is 32.3 Å². The van der Waals surface area contributed by atoms with Crippen molar-refractivity contribution in [3.63, 3.8) is 0 Å². The van der Waals surface area contributed by atoms with Crippen LogP contribution in [0.4, 0.5) is 0 Å². The zero-order valence-electron chi connectivity index (χ0n) is 14.1. The number of rotatable bonds is 3. The third kappa shape index (κ3) is 2.41. The van der Waals surface area contributed by atoms with Crippen LogP contribution in [0.15, 0.2) is 47.4 Å². The number of fused-ring (bicyclic) bond motifs is 2. The predicted molar refractivity (Wildman–Crippen MR) is 93.2 cm³/mol. The number of ether oxygens (including phenoxy) is 3. The van der Waals surface area contributed by atoms with Gasteiger partial charge in [0.05, 0.1) is 17.5 Å². The summed E-state index contributed by atoms with van der Waals surface area (Å²) in [7, 11) is -2.82. The van der Waals surface area contributed by atoms with Gasteiger partial charge in [-0.25, -0.2) is 17.2 Å². The van der Waals surface area contributed by atoms with Crippen molar-refractivity contribution in [3.05, 3.63) is 53.7 Å². The normalized spacial score (nSPS) is 13.2. The first kappa shape index (κ1) is 16.5. The molecule has 1 aromatic heterocycles. The van der Waals surface area contributed by atoms with Crippen LogP contribution < -0.4 is 9.47 Å². The molecule has 0 saturated heterocycles. The summed E-state index contributed by atoms with van der Waals surface area (Å²) in [5.74, 6) is 0.171. The maximum absolute atomic E-state index is 13.2. The van der Waals surface area contributed by atoms with Gasteiger partial charge in [0.25, 0.3) is 10.0 Å². The number of carbonyl (C=O) groups excluding carboxylic acids is 1. The molecular weight excluding hydrogens is 358 g/mol. The molecule has 8 heteroatoms. The molecule has 0 saturated carbocycles. The molecule has 0 radical (unpaired) electrons. The Bertz CT molecular complexity index is 1130. The van der Waals surface area contributed by atoms with Crippen LogP contribution in [0.2, 0.25) is 0 Å². The molecule has 134 valence electrons. The summed E-state index contributed by atoms with van der Waals surface area (Å²) in [6.07, 6.45) is 0. The van der Waals surface area contributed by atoms with Crippen LogP contribution in [0.5, 0.6) is 11.5 Å². The van der Waals surface area contributed by atoms with Gasteiger partial charge in [-0.3, -0.25) is 0 Å². The lowest BCUT2D eigenvalue weighted by Crippen LogP contribution is -2.19. The zero-order chi connectivity index (χ0) is 18.5. The molecular formula is C18H15NO6S. The molecule has 0 spiro atoms. The summed E-state index contributed by atoms with van der Waals surface area (Å²) in [6.45, 7) is 1.93. The Morgan fingerprint density at radius 3 is 2.38 bits per heavy atom. The average Bonchev–Trinajstić information content (AvgIpc) is 3.22. The van der Waals surface area contributed by atoms with Gasteiger partial charge in [-0.1, -0.05) is 17.7 Å². The molecule has 1 aliphatic heterocycles. The Morgan fingerprint density at radius 1 is 1.08 bits per heavy atom. The number of aryl methyl sites for hydroxylation is 1. The van der Waals surface area contributed by atoms with Crippen molar-refractivity contribution in [2.45, 2.75) is 11.8 Å². The molecule has 0 fully saturated rings. The van der Waals surface area contributed by atoms with Crippen LogP contribution in [0.1, 0.15) is 16.1 Å². The predicted octanol–water partition coefficient (Wildman–Crippen LogP) is 2.70. The van der Waals surface area contributed by atoms with Crippen molar-refractivity contribution in [2.24, 2.45) is 0 Å². The van der Waals surface area contributed by atoms with Crippen molar-refractivity contribution in [2.75, 3.05) is 13.9 Å². The fourth-order valence-corrected chi connectivity index (χ4v) is 4.39. The zero-order valence-corrected chi connectivity index (χ0v) is 14.9. The highest BCUT2D eigenvalue weighted by molar-refractivity contribution is 7.90. The number of hydrogen-bond acceptors (Lipinski definition) is 6. The van der Waals surface area contributed by atoms with E-state index >= 15 is 0 Å². The van der Waals surface area contributed by atoms with E-state index in [1.807, 2.05) is 6.92 Å². The monoisotopic (exact) mass is 373 g/mol. The van der Waals surface area contributed by atoms with Crippen molar-refractivity contribution in [3.8, 4) is 11.5 Å². The fourth-order valence-electron chi connectivity index (χ4n) is 2.90. The minimum Gasteiger partial charge on any atom is -0.464 e. The molecule has 0 bridgehead atoms. The standard InChI is InChI=1S/C18H15NO6S/c1-11-3-5-13(6-4-11)26(21,22)19-14-9-17-16(24-10-25-17)8-12(14)7-15(19)18(20)23-2/h3-9H,10H2,1-2H3. The summed E-state index contributed by atoms with van der Waals surface area (Å²) >= 11 is 0. The van der Waals surface area contributed by atoms with Gasteiger partial charge in [-0.2, -0.15) is 0 Å². The van der Waals surface area contributed by atoms with E-state index in [-0.39, 0.29) is 17.4 Å². The molecule has 1 aliphatic rings. The first-order valence-electron chi connectivity index (χ1n) is 7.77. The molecule has 4 rings (SSSR count). The third-order valence-corrected chi connectivity index (χ3v) is 5.95. The molecule has 26 heavy (non-hydrogen) atoms. The van der Waals surface area contributed by atoms with E-state index in [1.54, 1.807) is 24.3 Å². The van der Waals surface area contributed by atoms with E-state index < -0.39 is 16.0 Å². The van der Waals surface area contributed by atoms with Gasteiger partial charge < -0.3 is 14.2 Å². The van der Waals surface area contributed by atoms with E-state index in [9.17, 15) is 13.2 Å². The molecule has 0 amide bonds. The maximum Gasteiger partial charge on any atom is 0.355 e. The largest absolute Gasteiger partial charge is 0.464 e. The van der Waals surface area contributed by atoms with Crippen LogP contribution in [0, 0.1) is 6.92 Å². The highest BCUT2D eigenvalue weighted by Crippen LogP contribution is 2.38. The summed E-state index contributed by atoms with van der Waals surface area (Å²) in [5, 5.41) is 0.533. The molecule has 0 atom stereocenters.